The van der Waals surface area contributed by atoms with Crippen LogP contribution < -0.4 is 5.32 Å². The highest BCUT2D eigenvalue weighted by molar-refractivity contribution is 6.23. The second-order valence-corrected chi connectivity index (χ2v) is 7.07. The molecular weight excluding hydrogens is 336 g/mol. The molecule has 1 aromatic rings. The minimum Gasteiger partial charge on any atom is -0.300 e. The van der Waals surface area contributed by atoms with E-state index in [1.54, 1.807) is 12.1 Å². The number of fused-ring (bicyclic) bond motifs is 1. The molecule has 1 aliphatic carbocycles. The zero-order valence-corrected chi connectivity index (χ0v) is 14.1. The summed E-state index contributed by atoms with van der Waals surface area (Å²) in [6, 6.07) is 4.24. The van der Waals surface area contributed by atoms with Gasteiger partial charge < -0.3 is 0 Å². The molecule has 1 saturated heterocycles. The molecule has 0 aromatic heterocycles. The van der Waals surface area contributed by atoms with E-state index in [0.29, 0.717) is 18.4 Å². The SMILES string of the molecule is O=C1CCC(c2ccc3c(c2)C(=O)N(C2CCC(=O)NC2=O)C3=O)CC1. The molecule has 0 spiro atoms. The molecule has 1 saturated carbocycles. The number of Topliss-reactive ketones (excluding diaryl/α,β-unsaturated/α-hetero) is 1. The Morgan fingerprint density at radius 1 is 0.846 bits per heavy atom. The molecule has 0 bridgehead atoms. The lowest BCUT2D eigenvalue weighted by molar-refractivity contribution is -0.136. The van der Waals surface area contributed by atoms with Crippen LogP contribution in [0.4, 0.5) is 0 Å². The highest BCUT2D eigenvalue weighted by atomic mass is 16.2. The molecule has 2 aliphatic heterocycles. The van der Waals surface area contributed by atoms with Gasteiger partial charge in [-0.1, -0.05) is 6.07 Å². The van der Waals surface area contributed by atoms with Crippen LogP contribution in [0.25, 0.3) is 0 Å². The van der Waals surface area contributed by atoms with Gasteiger partial charge in [-0.2, -0.15) is 0 Å². The molecule has 1 unspecified atom stereocenters. The Kier molecular flexibility index (Phi) is 3.94. The third-order valence-corrected chi connectivity index (χ3v) is 5.48. The van der Waals surface area contributed by atoms with Gasteiger partial charge in [0.15, 0.2) is 0 Å². The summed E-state index contributed by atoms with van der Waals surface area (Å²) in [6.07, 6.45) is 2.82. The van der Waals surface area contributed by atoms with E-state index in [1.807, 2.05) is 6.07 Å². The van der Waals surface area contributed by atoms with E-state index in [2.05, 4.69) is 5.32 Å². The van der Waals surface area contributed by atoms with Gasteiger partial charge in [-0.05, 0) is 42.9 Å². The molecule has 1 aromatic carbocycles. The molecular formula is C19H18N2O5. The molecule has 4 amide bonds. The van der Waals surface area contributed by atoms with Crippen LogP contribution in [0.2, 0.25) is 0 Å². The molecule has 7 heteroatoms. The molecule has 0 radical (unpaired) electrons. The van der Waals surface area contributed by atoms with Gasteiger partial charge in [0.2, 0.25) is 11.8 Å². The van der Waals surface area contributed by atoms with Crippen molar-refractivity contribution < 1.29 is 24.0 Å². The van der Waals surface area contributed by atoms with Crippen LogP contribution in [0.5, 0.6) is 0 Å². The van der Waals surface area contributed by atoms with Gasteiger partial charge >= 0.3 is 0 Å². The van der Waals surface area contributed by atoms with Crippen molar-refractivity contribution in [1.82, 2.24) is 10.2 Å². The standard InChI is InChI=1S/C19H18N2O5/c22-12-4-1-10(2-5-12)11-3-6-13-14(9-11)19(26)21(18(13)25)15-7-8-16(23)20-17(15)24/h3,6,9-10,15H,1-2,4-5,7-8H2,(H,20,23,24). The van der Waals surface area contributed by atoms with Gasteiger partial charge in [-0.15, -0.1) is 0 Å². The predicted octanol–water partition coefficient (Wildman–Crippen LogP) is 1.31. The number of carbonyl (C=O) groups excluding carboxylic acids is 5. The van der Waals surface area contributed by atoms with Crippen molar-refractivity contribution in [2.24, 2.45) is 0 Å². The van der Waals surface area contributed by atoms with Crippen molar-refractivity contribution >= 4 is 29.4 Å². The smallest absolute Gasteiger partial charge is 0.262 e. The van der Waals surface area contributed by atoms with E-state index in [1.165, 1.54) is 0 Å². The molecule has 2 fully saturated rings. The Labute approximate surface area is 149 Å². The van der Waals surface area contributed by atoms with Crippen LogP contribution in [-0.2, 0) is 14.4 Å². The minimum atomic E-state index is -0.948. The summed E-state index contributed by atoms with van der Waals surface area (Å²) in [5.41, 5.74) is 1.53. The molecule has 134 valence electrons. The number of imide groups is 2. The Hall–Kier alpha value is -2.83. The van der Waals surface area contributed by atoms with Crippen molar-refractivity contribution in [1.29, 1.82) is 0 Å². The maximum atomic E-state index is 12.8. The maximum Gasteiger partial charge on any atom is 0.262 e. The van der Waals surface area contributed by atoms with Gasteiger partial charge in [0.25, 0.3) is 11.8 Å². The van der Waals surface area contributed by atoms with E-state index in [0.717, 1.165) is 23.3 Å². The Morgan fingerprint density at radius 3 is 2.23 bits per heavy atom. The molecule has 2 heterocycles. The zero-order valence-electron chi connectivity index (χ0n) is 14.1. The van der Waals surface area contributed by atoms with Crippen molar-refractivity contribution in [3.63, 3.8) is 0 Å². The average molecular weight is 354 g/mol. The monoisotopic (exact) mass is 354 g/mol. The van der Waals surface area contributed by atoms with E-state index < -0.39 is 29.7 Å². The number of carbonyl (C=O) groups is 5. The number of rotatable bonds is 2. The lowest BCUT2D eigenvalue weighted by Gasteiger charge is -2.27. The number of amides is 4. The summed E-state index contributed by atoms with van der Waals surface area (Å²) in [6.45, 7) is 0. The molecule has 1 atom stereocenters. The third kappa shape index (κ3) is 2.64. The lowest BCUT2D eigenvalue weighted by atomic mass is 9.82. The Morgan fingerprint density at radius 2 is 1.54 bits per heavy atom. The fraction of sp³-hybridized carbons (Fsp3) is 0.421. The first-order valence-electron chi connectivity index (χ1n) is 8.83. The molecule has 3 aliphatic rings. The normalized spacial score (nSPS) is 24.1. The fourth-order valence-electron chi connectivity index (χ4n) is 4.02. The van der Waals surface area contributed by atoms with Gasteiger partial charge in [-0.25, -0.2) is 0 Å². The first kappa shape index (κ1) is 16.6. The summed E-state index contributed by atoms with van der Waals surface area (Å²) in [5.74, 6) is -1.53. The number of nitrogens with zero attached hydrogens (tertiary/aromatic N) is 1. The van der Waals surface area contributed by atoms with Crippen molar-refractivity contribution in [2.75, 3.05) is 0 Å². The first-order valence-corrected chi connectivity index (χ1v) is 8.83. The van der Waals surface area contributed by atoms with Gasteiger partial charge in [0, 0.05) is 19.3 Å². The van der Waals surface area contributed by atoms with Crippen LogP contribution in [0.15, 0.2) is 18.2 Å². The van der Waals surface area contributed by atoms with Crippen molar-refractivity contribution in [3.8, 4) is 0 Å². The van der Waals surface area contributed by atoms with Gasteiger partial charge in [0.1, 0.15) is 11.8 Å². The topological polar surface area (TPSA) is 101 Å². The molecule has 7 nitrogen and oxygen atoms in total. The predicted molar refractivity (Wildman–Crippen MR) is 89.3 cm³/mol. The number of piperidine rings is 1. The maximum absolute atomic E-state index is 12.8. The number of ketones is 1. The highest BCUT2D eigenvalue weighted by Gasteiger charge is 2.44. The van der Waals surface area contributed by atoms with Crippen LogP contribution >= 0.6 is 0 Å². The van der Waals surface area contributed by atoms with Crippen LogP contribution in [0.1, 0.15) is 70.7 Å². The average Bonchev–Trinajstić information content (AvgIpc) is 2.87. The quantitative estimate of drug-likeness (QED) is 0.807. The van der Waals surface area contributed by atoms with E-state index in [9.17, 15) is 24.0 Å². The van der Waals surface area contributed by atoms with E-state index in [4.69, 9.17) is 0 Å². The Balaban J connectivity index is 1.61. The molecule has 4 rings (SSSR count). The number of benzene rings is 1. The first-order chi connectivity index (χ1) is 12.5. The van der Waals surface area contributed by atoms with E-state index >= 15 is 0 Å². The second kappa shape index (κ2) is 6.16. The summed E-state index contributed by atoms with van der Waals surface area (Å²) in [7, 11) is 0. The lowest BCUT2D eigenvalue weighted by Crippen LogP contribution is -2.54. The summed E-state index contributed by atoms with van der Waals surface area (Å²) in [4.78, 5) is 61.2. The Bertz CT molecular complexity index is 849. The number of nitrogens with one attached hydrogen (secondary N) is 1. The minimum absolute atomic E-state index is 0.102. The van der Waals surface area contributed by atoms with Gasteiger partial charge in [0.05, 0.1) is 11.1 Å². The van der Waals surface area contributed by atoms with Crippen molar-refractivity contribution in [3.05, 3.63) is 34.9 Å². The largest absolute Gasteiger partial charge is 0.300 e. The van der Waals surface area contributed by atoms with E-state index in [-0.39, 0.29) is 30.1 Å². The summed E-state index contributed by atoms with van der Waals surface area (Å²) >= 11 is 0. The molecule has 1 N–H and O–H groups in total. The van der Waals surface area contributed by atoms with Crippen molar-refractivity contribution in [2.45, 2.75) is 50.5 Å². The second-order valence-electron chi connectivity index (χ2n) is 7.07. The molecule has 26 heavy (non-hydrogen) atoms. The van der Waals surface area contributed by atoms with Crippen LogP contribution in [-0.4, -0.2) is 40.4 Å². The number of hydrogen-bond acceptors (Lipinski definition) is 5. The third-order valence-electron chi connectivity index (χ3n) is 5.48. The van der Waals surface area contributed by atoms with Crippen LogP contribution in [0, 0.1) is 0 Å². The number of hydrogen-bond donors (Lipinski definition) is 1. The fourth-order valence-corrected chi connectivity index (χ4v) is 4.02. The summed E-state index contributed by atoms with van der Waals surface area (Å²) < 4.78 is 0. The van der Waals surface area contributed by atoms with Gasteiger partial charge in [-0.3, -0.25) is 34.2 Å². The highest BCUT2D eigenvalue weighted by Crippen LogP contribution is 2.35. The van der Waals surface area contributed by atoms with Crippen LogP contribution in [0.3, 0.4) is 0 Å². The summed E-state index contributed by atoms with van der Waals surface area (Å²) in [5, 5.41) is 2.19. The zero-order chi connectivity index (χ0) is 18.4.